The molecule has 0 saturated carbocycles. The predicted molar refractivity (Wildman–Crippen MR) is 92.0 cm³/mol. The van der Waals surface area contributed by atoms with Gasteiger partial charge in [0.2, 0.25) is 5.91 Å². The van der Waals surface area contributed by atoms with Crippen molar-refractivity contribution in [2.24, 2.45) is 16.7 Å². The molecule has 0 fully saturated rings. The van der Waals surface area contributed by atoms with E-state index in [9.17, 15) is 4.79 Å². The molecule has 0 aromatic heterocycles. The Kier molecular flexibility index (Phi) is 9.94. The van der Waals surface area contributed by atoms with Crippen molar-refractivity contribution in [3.05, 3.63) is 0 Å². The Morgan fingerprint density at radius 3 is 2.14 bits per heavy atom. The van der Waals surface area contributed by atoms with Crippen molar-refractivity contribution in [2.75, 3.05) is 33.0 Å². The summed E-state index contributed by atoms with van der Waals surface area (Å²) >= 11 is 0. The highest BCUT2D eigenvalue weighted by molar-refractivity contribution is 5.76. The van der Waals surface area contributed by atoms with Gasteiger partial charge in [0.15, 0.2) is 0 Å². The topological polar surface area (TPSA) is 47.6 Å². The van der Waals surface area contributed by atoms with Gasteiger partial charge < -0.3 is 14.8 Å². The van der Waals surface area contributed by atoms with Crippen molar-refractivity contribution in [1.29, 1.82) is 0 Å². The summed E-state index contributed by atoms with van der Waals surface area (Å²) in [6.07, 6.45) is 1.58. The van der Waals surface area contributed by atoms with Crippen LogP contribution in [0.3, 0.4) is 0 Å². The number of nitrogens with one attached hydrogen (secondary N) is 1. The van der Waals surface area contributed by atoms with Gasteiger partial charge >= 0.3 is 0 Å². The van der Waals surface area contributed by atoms with E-state index in [0.717, 1.165) is 13.0 Å². The maximum atomic E-state index is 12.0. The fourth-order valence-electron chi connectivity index (χ4n) is 2.80. The molecule has 0 aromatic rings. The number of amides is 1. The third-order valence-corrected chi connectivity index (χ3v) is 3.04. The first-order chi connectivity index (χ1) is 10.0. The first-order valence-electron chi connectivity index (χ1n) is 8.44. The van der Waals surface area contributed by atoms with Gasteiger partial charge in [-0.2, -0.15) is 0 Å². The van der Waals surface area contributed by atoms with Gasteiger partial charge in [0.25, 0.3) is 0 Å². The Morgan fingerprint density at radius 2 is 1.59 bits per heavy atom. The predicted octanol–water partition coefficient (Wildman–Crippen LogP) is 3.64. The molecular formula is C18H37NO3. The highest BCUT2D eigenvalue weighted by atomic mass is 16.5. The summed E-state index contributed by atoms with van der Waals surface area (Å²) in [5, 5.41) is 2.93. The fraction of sp³-hybridized carbons (Fsp3) is 0.944. The van der Waals surface area contributed by atoms with E-state index in [4.69, 9.17) is 9.47 Å². The second-order valence-electron chi connectivity index (χ2n) is 8.51. The standard InChI is InChI=1S/C18H37NO3/c1-15(2)13-22-11-10-21-9-8-19-16(20)12-18(6,7)14-17(3,4)5/h15H,8-14H2,1-7H3,(H,19,20). The molecule has 0 heterocycles. The van der Waals surface area contributed by atoms with Crippen LogP contribution in [-0.2, 0) is 14.3 Å². The van der Waals surface area contributed by atoms with Crippen LogP contribution in [0.5, 0.6) is 0 Å². The van der Waals surface area contributed by atoms with Crippen LogP contribution in [0.4, 0.5) is 0 Å². The summed E-state index contributed by atoms with van der Waals surface area (Å²) in [5.74, 6) is 0.657. The summed E-state index contributed by atoms with van der Waals surface area (Å²) in [6.45, 7) is 18.2. The number of rotatable bonds is 11. The van der Waals surface area contributed by atoms with Crippen LogP contribution in [-0.4, -0.2) is 38.9 Å². The minimum absolute atomic E-state index is 0.0217. The molecule has 132 valence electrons. The Labute approximate surface area is 137 Å². The molecule has 1 amide bonds. The zero-order valence-electron chi connectivity index (χ0n) is 15.8. The van der Waals surface area contributed by atoms with Crippen LogP contribution < -0.4 is 5.32 Å². The van der Waals surface area contributed by atoms with Crippen LogP contribution in [0, 0.1) is 16.7 Å². The lowest BCUT2D eigenvalue weighted by Crippen LogP contribution is -2.33. The number of carbonyl (C=O) groups excluding carboxylic acids is 1. The average molecular weight is 315 g/mol. The number of hydrogen-bond donors (Lipinski definition) is 1. The Bertz CT molecular complexity index is 306. The van der Waals surface area contributed by atoms with Gasteiger partial charge in [-0.05, 0) is 23.2 Å². The molecule has 0 atom stereocenters. The van der Waals surface area contributed by atoms with E-state index in [1.54, 1.807) is 0 Å². The quantitative estimate of drug-likeness (QED) is 0.592. The fourth-order valence-corrected chi connectivity index (χ4v) is 2.80. The molecule has 0 spiro atoms. The van der Waals surface area contributed by atoms with Crippen LogP contribution in [0.25, 0.3) is 0 Å². The molecule has 0 bridgehead atoms. The van der Waals surface area contributed by atoms with E-state index >= 15 is 0 Å². The summed E-state index contributed by atoms with van der Waals surface area (Å²) in [4.78, 5) is 12.0. The summed E-state index contributed by atoms with van der Waals surface area (Å²) in [7, 11) is 0. The molecule has 4 heteroatoms. The van der Waals surface area contributed by atoms with Crippen molar-refractivity contribution < 1.29 is 14.3 Å². The molecule has 0 saturated heterocycles. The van der Waals surface area contributed by atoms with Gasteiger partial charge in [-0.3, -0.25) is 4.79 Å². The summed E-state index contributed by atoms with van der Waals surface area (Å²) < 4.78 is 10.9. The van der Waals surface area contributed by atoms with Crippen LogP contribution >= 0.6 is 0 Å². The molecule has 0 aliphatic carbocycles. The maximum Gasteiger partial charge on any atom is 0.220 e. The smallest absolute Gasteiger partial charge is 0.220 e. The van der Waals surface area contributed by atoms with E-state index in [1.165, 1.54) is 0 Å². The van der Waals surface area contributed by atoms with Crippen LogP contribution in [0.2, 0.25) is 0 Å². The molecule has 4 nitrogen and oxygen atoms in total. The lowest BCUT2D eigenvalue weighted by Gasteiger charge is -2.31. The average Bonchev–Trinajstić information content (AvgIpc) is 2.28. The highest BCUT2D eigenvalue weighted by Crippen LogP contribution is 2.35. The number of hydrogen-bond acceptors (Lipinski definition) is 3. The van der Waals surface area contributed by atoms with Crippen molar-refractivity contribution in [1.82, 2.24) is 5.32 Å². The van der Waals surface area contributed by atoms with E-state index in [0.29, 0.717) is 38.7 Å². The van der Waals surface area contributed by atoms with Crippen molar-refractivity contribution in [2.45, 2.75) is 61.3 Å². The van der Waals surface area contributed by atoms with E-state index in [1.807, 2.05) is 0 Å². The zero-order chi connectivity index (χ0) is 17.2. The van der Waals surface area contributed by atoms with Gasteiger partial charge in [0, 0.05) is 19.6 Å². The van der Waals surface area contributed by atoms with Crippen LogP contribution in [0.1, 0.15) is 61.3 Å². The van der Waals surface area contributed by atoms with E-state index < -0.39 is 0 Å². The lowest BCUT2D eigenvalue weighted by atomic mass is 9.74. The second kappa shape index (κ2) is 10.2. The maximum absolute atomic E-state index is 12.0. The van der Waals surface area contributed by atoms with E-state index in [-0.39, 0.29) is 16.7 Å². The molecule has 0 unspecified atom stereocenters. The third kappa shape index (κ3) is 14.3. The Hall–Kier alpha value is -0.610. The molecule has 0 rings (SSSR count). The highest BCUT2D eigenvalue weighted by Gasteiger charge is 2.27. The van der Waals surface area contributed by atoms with Crippen molar-refractivity contribution in [3.8, 4) is 0 Å². The SMILES string of the molecule is CC(C)COCCOCCNC(=O)CC(C)(C)CC(C)(C)C. The molecule has 0 aliphatic rings. The monoisotopic (exact) mass is 315 g/mol. The van der Waals surface area contributed by atoms with Gasteiger partial charge in [-0.25, -0.2) is 0 Å². The second-order valence-corrected chi connectivity index (χ2v) is 8.51. The van der Waals surface area contributed by atoms with E-state index in [2.05, 4.69) is 53.8 Å². The summed E-state index contributed by atoms with van der Waals surface area (Å²) in [6, 6.07) is 0. The number of ether oxygens (including phenoxy) is 2. The molecule has 1 N–H and O–H groups in total. The van der Waals surface area contributed by atoms with Gasteiger partial charge in [-0.1, -0.05) is 48.5 Å². The number of carbonyl (C=O) groups is 1. The lowest BCUT2D eigenvalue weighted by molar-refractivity contribution is -0.123. The largest absolute Gasteiger partial charge is 0.379 e. The first kappa shape index (κ1) is 21.4. The molecule has 0 radical (unpaired) electrons. The van der Waals surface area contributed by atoms with Gasteiger partial charge in [0.05, 0.1) is 19.8 Å². The Morgan fingerprint density at radius 1 is 1.00 bits per heavy atom. The summed E-state index contributed by atoms with van der Waals surface area (Å²) in [5.41, 5.74) is 0.261. The van der Waals surface area contributed by atoms with Crippen molar-refractivity contribution in [3.63, 3.8) is 0 Å². The van der Waals surface area contributed by atoms with Gasteiger partial charge in [-0.15, -0.1) is 0 Å². The van der Waals surface area contributed by atoms with Crippen molar-refractivity contribution >= 4 is 5.91 Å². The third-order valence-electron chi connectivity index (χ3n) is 3.04. The molecule has 0 aromatic carbocycles. The van der Waals surface area contributed by atoms with Crippen LogP contribution in [0.15, 0.2) is 0 Å². The normalized spacial score (nSPS) is 12.7. The molecule has 22 heavy (non-hydrogen) atoms. The zero-order valence-corrected chi connectivity index (χ0v) is 15.8. The molecule has 0 aliphatic heterocycles. The first-order valence-corrected chi connectivity index (χ1v) is 8.44. The molecular weight excluding hydrogens is 278 g/mol. The minimum atomic E-state index is 0.0217. The van der Waals surface area contributed by atoms with Gasteiger partial charge in [0.1, 0.15) is 0 Å². The minimum Gasteiger partial charge on any atom is -0.379 e. The Balaban J connectivity index is 3.65.